The van der Waals surface area contributed by atoms with E-state index in [9.17, 15) is 9.90 Å². The van der Waals surface area contributed by atoms with E-state index in [2.05, 4.69) is 4.99 Å². The molecule has 1 amide bonds. The van der Waals surface area contributed by atoms with Gasteiger partial charge in [-0.3, -0.25) is 9.79 Å². The summed E-state index contributed by atoms with van der Waals surface area (Å²) in [7, 11) is 1.56. The molecule has 1 aromatic rings. The summed E-state index contributed by atoms with van der Waals surface area (Å²) >= 11 is 0. The van der Waals surface area contributed by atoms with Gasteiger partial charge in [-0.25, -0.2) is 0 Å². The van der Waals surface area contributed by atoms with Crippen molar-refractivity contribution >= 4 is 17.9 Å². The minimum absolute atomic E-state index is 0.0132. The maximum atomic E-state index is 10.8. The molecule has 0 fully saturated rings. The van der Waals surface area contributed by atoms with Crippen LogP contribution in [0.4, 0.5) is 0 Å². The van der Waals surface area contributed by atoms with Crippen LogP contribution in [0.5, 0.6) is 5.75 Å². The number of aliphatic hydroxyl groups is 1. The Morgan fingerprint density at radius 3 is 2.42 bits per heavy atom. The number of aliphatic imine (C=N–C) groups is 1. The molecule has 0 spiro atoms. The normalized spacial score (nSPS) is 12.7. The third-order valence-electron chi connectivity index (χ3n) is 2.24. The van der Waals surface area contributed by atoms with Gasteiger partial charge in [-0.2, -0.15) is 0 Å². The Kier molecular flexibility index (Phi) is 5.35. The van der Waals surface area contributed by atoms with Crippen LogP contribution in [-0.2, 0) is 4.79 Å². The molecule has 1 aromatic carbocycles. The molecule has 0 aromatic heterocycles. The zero-order valence-corrected chi connectivity index (χ0v) is 10.8. The van der Waals surface area contributed by atoms with E-state index >= 15 is 0 Å². The highest BCUT2D eigenvalue weighted by Crippen LogP contribution is 2.18. The van der Waals surface area contributed by atoms with E-state index in [4.69, 9.17) is 10.5 Å². The van der Waals surface area contributed by atoms with Crippen LogP contribution >= 0.6 is 0 Å². The van der Waals surface area contributed by atoms with Gasteiger partial charge in [0.15, 0.2) is 0 Å². The molecular weight excluding hydrogens is 244 g/mol. The van der Waals surface area contributed by atoms with Crippen molar-refractivity contribution in [3.63, 3.8) is 0 Å². The number of hydrogen-bond donors (Lipinski definition) is 2. The molecule has 0 aliphatic heterocycles. The van der Waals surface area contributed by atoms with E-state index in [0.29, 0.717) is 11.3 Å². The van der Waals surface area contributed by atoms with E-state index in [1.165, 1.54) is 12.3 Å². The molecular formula is C14H16N2O3. The number of nitrogens with two attached hydrogens (primary N) is 1. The maximum absolute atomic E-state index is 10.8. The molecule has 0 atom stereocenters. The Labute approximate surface area is 111 Å². The summed E-state index contributed by atoms with van der Waals surface area (Å²) < 4.78 is 5.02. The number of benzene rings is 1. The topological polar surface area (TPSA) is 84.9 Å². The lowest BCUT2D eigenvalue weighted by atomic mass is 10.1. The number of methoxy groups -OCH3 is 1. The molecule has 0 bridgehead atoms. The average molecular weight is 260 g/mol. The van der Waals surface area contributed by atoms with Crippen LogP contribution < -0.4 is 10.5 Å². The Morgan fingerprint density at radius 2 is 1.95 bits per heavy atom. The number of rotatable bonds is 5. The molecule has 0 aliphatic carbocycles. The van der Waals surface area contributed by atoms with Crippen LogP contribution in [-0.4, -0.2) is 24.3 Å². The third kappa shape index (κ3) is 4.67. The van der Waals surface area contributed by atoms with Gasteiger partial charge in [-0.1, -0.05) is 0 Å². The highest BCUT2D eigenvalue weighted by atomic mass is 16.5. The standard InChI is InChI=1S/C14H16N2O3/c1-3-16-11(9-14(15)18)8-13(17)10-4-6-12(19-2)7-5-10/h3-9,17H,1-2H3,(H2,15,18)/b11-9+,13-8-,16-3-. The van der Waals surface area contributed by atoms with Gasteiger partial charge in [-0.15, -0.1) is 0 Å². The highest BCUT2D eigenvalue weighted by Gasteiger charge is 2.01. The van der Waals surface area contributed by atoms with Crippen molar-refractivity contribution in [2.75, 3.05) is 7.11 Å². The summed E-state index contributed by atoms with van der Waals surface area (Å²) in [5.74, 6) is 0.0520. The van der Waals surface area contributed by atoms with Crippen LogP contribution in [0.3, 0.4) is 0 Å². The van der Waals surface area contributed by atoms with Crippen molar-refractivity contribution < 1.29 is 14.6 Å². The maximum Gasteiger partial charge on any atom is 0.243 e. The van der Waals surface area contributed by atoms with Crippen molar-refractivity contribution in [3.8, 4) is 5.75 Å². The van der Waals surface area contributed by atoms with E-state index in [1.54, 1.807) is 38.3 Å². The van der Waals surface area contributed by atoms with Crippen molar-refractivity contribution in [3.05, 3.63) is 47.7 Å². The average Bonchev–Trinajstić information content (AvgIpc) is 2.38. The second kappa shape index (κ2) is 7.00. The largest absolute Gasteiger partial charge is 0.507 e. The molecule has 100 valence electrons. The fourth-order valence-electron chi connectivity index (χ4n) is 1.40. The summed E-state index contributed by atoms with van der Waals surface area (Å²) in [6.45, 7) is 1.70. The summed E-state index contributed by atoms with van der Waals surface area (Å²) in [5, 5.41) is 9.95. The summed E-state index contributed by atoms with van der Waals surface area (Å²) in [6.07, 6.45) is 4.01. The predicted molar refractivity (Wildman–Crippen MR) is 75.0 cm³/mol. The van der Waals surface area contributed by atoms with Gasteiger partial charge in [0.25, 0.3) is 0 Å². The number of allylic oxidation sites excluding steroid dienone is 1. The zero-order chi connectivity index (χ0) is 14.3. The van der Waals surface area contributed by atoms with Crippen molar-refractivity contribution in [2.24, 2.45) is 10.7 Å². The number of amides is 1. The lowest BCUT2D eigenvalue weighted by Gasteiger charge is -2.03. The molecule has 19 heavy (non-hydrogen) atoms. The first-order valence-electron chi connectivity index (χ1n) is 5.61. The van der Waals surface area contributed by atoms with E-state index < -0.39 is 5.91 Å². The summed E-state index contributed by atoms with van der Waals surface area (Å²) in [4.78, 5) is 14.8. The van der Waals surface area contributed by atoms with E-state index in [1.807, 2.05) is 0 Å². The number of carbonyl (C=O) groups is 1. The number of ether oxygens (including phenoxy) is 1. The molecule has 5 nitrogen and oxygen atoms in total. The molecule has 3 N–H and O–H groups in total. The lowest BCUT2D eigenvalue weighted by molar-refractivity contribution is -0.113. The van der Waals surface area contributed by atoms with Gasteiger partial charge >= 0.3 is 0 Å². The fourth-order valence-corrected chi connectivity index (χ4v) is 1.40. The fraction of sp³-hybridized carbons (Fsp3) is 0.143. The summed E-state index contributed by atoms with van der Waals surface area (Å²) in [5.41, 5.74) is 5.93. The summed E-state index contributed by atoms with van der Waals surface area (Å²) in [6, 6.07) is 6.84. The first kappa shape index (κ1) is 14.5. The number of aliphatic hydroxyl groups excluding tert-OH is 1. The number of carbonyl (C=O) groups excluding carboxylic acids is 1. The van der Waals surface area contributed by atoms with Gasteiger partial charge in [0.1, 0.15) is 11.5 Å². The first-order chi connectivity index (χ1) is 9.06. The minimum Gasteiger partial charge on any atom is -0.507 e. The van der Waals surface area contributed by atoms with E-state index in [-0.39, 0.29) is 11.5 Å². The molecule has 0 saturated heterocycles. The van der Waals surface area contributed by atoms with Crippen molar-refractivity contribution in [1.82, 2.24) is 0 Å². The number of primary amides is 1. The molecule has 0 unspecified atom stereocenters. The second-order valence-corrected chi connectivity index (χ2v) is 3.62. The minimum atomic E-state index is -0.626. The Balaban J connectivity index is 3.04. The van der Waals surface area contributed by atoms with Crippen molar-refractivity contribution in [1.29, 1.82) is 0 Å². The van der Waals surface area contributed by atoms with E-state index in [0.717, 1.165) is 6.08 Å². The lowest BCUT2D eigenvalue weighted by Crippen LogP contribution is -2.06. The smallest absolute Gasteiger partial charge is 0.243 e. The second-order valence-electron chi connectivity index (χ2n) is 3.62. The van der Waals surface area contributed by atoms with Gasteiger partial charge in [-0.05, 0) is 31.2 Å². The Morgan fingerprint density at radius 1 is 1.32 bits per heavy atom. The molecule has 0 aliphatic rings. The van der Waals surface area contributed by atoms with Crippen LogP contribution in [0.1, 0.15) is 12.5 Å². The Hall–Kier alpha value is -2.56. The predicted octanol–water partition coefficient (Wildman–Crippen LogP) is 2.05. The van der Waals surface area contributed by atoms with Gasteiger partial charge in [0, 0.05) is 23.9 Å². The van der Waals surface area contributed by atoms with Crippen LogP contribution in [0, 0.1) is 0 Å². The van der Waals surface area contributed by atoms with Crippen LogP contribution in [0.25, 0.3) is 5.76 Å². The monoisotopic (exact) mass is 260 g/mol. The van der Waals surface area contributed by atoms with Crippen LogP contribution in [0.2, 0.25) is 0 Å². The van der Waals surface area contributed by atoms with Gasteiger partial charge in [0.2, 0.25) is 5.91 Å². The van der Waals surface area contributed by atoms with Gasteiger partial charge in [0.05, 0.1) is 12.8 Å². The van der Waals surface area contributed by atoms with Crippen molar-refractivity contribution in [2.45, 2.75) is 6.92 Å². The first-order valence-corrected chi connectivity index (χ1v) is 5.61. The molecule has 1 rings (SSSR count). The van der Waals surface area contributed by atoms with Crippen LogP contribution in [0.15, 0.2) is 47.1 Å². The molecule has 0 saturated carbocycles. The Bertz CT molecular complexity index is 528. The van der Waals surface area contributed by atoms with Gasteiger partial charge < -0.3 is 15.6 Å². The molecule has 0 heterocycles. The zero-order valence-electron chi connectivity index (χ0n) is 10.8. The number of nitrogens with zero attached hydrogens (tertiary/aromatic N) is 1. The number of hydrogen-bond acceptors (Lipinski definition) is 4. The quantitative estimate of drug-likeness (QED) is 0.368. The highest BCUT2D eigenvalue weighted by molar-refractivity contribution is 5.87. The SMILES string of the molecule is C\C=N/C(/C=C(\O)c1ccc(OC)cc1)=C/C(N)=O. The third-order valence-corrected chi connectivity index (χ3v) is 2.24. The molecule has 5 heteroatoms. The molecule has 0 radical (unpaired) electrons.